The van der Waals surface area contributed by atoms with Crippen molar-refractivity contribution in [3.05, 3.63) is 46.3 Å². The molecule has 0 bridgehead atoms. The lowest BCUT2D eigenvalue weighted by molar-refractivity contribution is 0.586. The third-order valence-corrected chi connectivity index (χ3v) is 4.31. The second kappa shape index (κ2) is 5.26. The van der Waals surface area contributed by atoms with Gasteiger partial charge in [0.05, 0.1) is 5.69 Å². The van der Waals surface area contributed by atoms with Crippen LogP contribution in [0.25, 0.3) is 11.3 Å². The number of hydrogen-bond acceptors (Lipinski definition) is 3. The fraction of sp³-hybridized carbons (Fsp3) is 0.375. The highest BCUT2D eigenvalue weighted by Crippen LogP contribution is 2.46. The maximum atomic E-state index is 4.83. The highest BCUT2D eigenvalue weighted by molar-refractivity contribution is 9.10. The Hall–Kier alpha value is -1.26. The fourth-order valence-electron chi connectivity index (χ4n) is 2.57. The molecule has 1 aromatic heterocycles. The third-order valence-electron chi connectivity index (χ3n) is 3.82. The molecule has 20 heavy (non-hydrogen) atoms. The minimum atomic E-state index is 0.154. The largest absolute Gasteiger partial charge is 0.319 e. The molecule has 1 N–H and O–H groups in total. The van der Waals surface area contributed by atoms with E-state index in [1.54, 1.807) is 0 Å². The molecular formula is C16H18BrN3. The molecule has 3 rings (SSSR count). The number of benzene rings is 1. The maximum Gasteiger partial charge on any atom is 0.136 e. The summed E-state index contributed by atoms with van der Waals surface area (Å²) in [6.07, 6.45) is 2.35. The monoisotopic (exact) mass is 331 g/mol. The van der Waals surface area contributed by atoms with E-state index in [-0.39, 0.29) is 5.41 Å². The highest BCUT2D eigenvalue weighted by atomic mass is 79.9. The van der Waals surface area contributed by atoms with E-state index in [4.69, 9.17) is 4.98 Å². The van der Waals surface area contributed by atoms with Crippen molar-refractivity contribution in [1.29, 1.82) is 0 Å². The predicted molar refractivity (Wildman–Crippen MR) is 84.7 cm³/mol. The van der Waals surface area contributed by atoms with Crippen LogP contribution in [0.5, 0.6) is 0 Å². The van der Waals surface area contributed by atoms with E-state index in [1.165, 1.54) is 12.8 Å². The standard InChI is InChI=1S/C16H18BrN3/c1-11-8-14(12-4-3-5-13(17)9-12)20-15(19-11)16(6-7-16)10-18-2/h3-5,8-9,18H,6-7,10H2,1-2H3. The Labute approximate surface area is 128 Å². The molecule has 0 saturated heterocycles. The molecule has 1 heterocycles. The Morgan fingerprint density at radius 1 is 1.25 bits per heavy atom. The van der Waals surface area contributed by atoms with Crippen LogP contribution in [0.15, 0.2) is 34.8 Å². The van der Waals surface area contributed by atoms with Crippen LogP contribution >= 0.6 is 15.9 Å². The van der Waals surface area contributed by atoms with Gasteiger partial charge in [-0.25, -0.2) is 9.97 Å². The number of rotatable bonds is 4. The fourth-order valence-corrected chi connectivity index (χ4v) is 2.97. The van der Waals surface area contributed by atoms with Crippen molar-refractivity contribution in [2.75, 3.05) is 13.6 Å². The molecule has 2 aromatic rings. The van der Waals surface area contributed by atoms with Crippen LogP contribution in [-0.4, -0.2) is 23.6 Å². The summed E-state index contributed by atoms with van der Waals surface area (Å²) < 4.78 is 1.07. The number of halogens is 1. The van der Waals surface area contributed by atoms with Gasteiger partial charge in [0.25, 0.3) is 0 Å². The van der Waals surface area contributed by atoms with Crippen molar-refractivity contribution in [3.63, 3.8) is 0 Å². The molecule has 1 fully saturated rings. The van der Waals surface area contributed by atoms with Crippen molar-refractivity contribution < 1.29 is 0 Å². The van der Waals surface area contributed by atoms with Crippen LogP contribution in [0.2, 0.25) is 0 Å². The summed E-state index contributed by atoms with van der Waals surface area (Å²) in [5.41, 5.74) is 3.33. The first-order valence-corrected chi connectivity index (χ1v) is 7.69. The number of nitrogens with zero attached hydrogens (tertiary/aromatic N) is 2. The SMILES string of the molecule is CNCC1(c2nc(C)cc(-c3cccc(Br)c3)n2)CC1. The molecular weight excluding hydrogens is 314 g/mol. The molecule has 0 atom stereocenters. The molecule has 104 valence electrons. The van der Waals surface area contributed by atoms with Crippen molar-refractivity contribution in [2.45, 2.75) is 25.2 Å². The van der Waals surface area contributed by atoms with Gasteiger partial charge in [0.15, 0.2) is 0 Å². The summed E-state index contributed by atoms with van der Waals surface area (Å²) >= 11 is 3.52. The van der Waals surface area contributed by atoms with Crippen molar-refractivity contribution in [3.8, 4) is 11.3 Å². The van der Waals surface area contributed by atoms with Gasteiger partial charge in [0.1, 0.15) is 5.82 Å². The van der Waals surface area contributed by atoms with Gasteiger partial charge < -0.3 is 5.32 Å². The molecule has 0 unspecified atom stereocenters. The van der Waals surface area contributed by atoms with Gasteiger partial charge in [-0.2, -0.15) is 0 Å². The molecule has 1 aliphatic rings. The summed E-state index contributed by atoms with van der Waals surface area (Å²) in [7, 11) is 1.99. The van der Waals surface area contributed by atoms with E-state index in [9.17, 15) is 0 Å². The summed E-state index contributed by atoms with van der Waals surface area (Å²) in [5.74, 6) is 0.988. The molecule has 0 spiro atoms. The lowest BCUT2D eigenvalue weighted by Crippen LogP contribution is -2.26. The minimum Gasteiger partial charge on any atom is -0.319 e. The second-order valence-electron chi connectivity index (χ2n) is 5.54. The van der Waals surface area contributed by atoms with Gasteiger partial charge >= 0.3 is 0 Å². The number of nitrogens with one attached hydrogen (secondary N) is 1. The molecule has 1 saturated carbocycles. The smallest absolute Gasteiger partial charge is 0.136 e. The molecule has 3 nitrogen and oxygen atoms in total. The summed E-state index contributed by atoms with van der Waals surface area (Å²) in [4.78, 5) is 9.50. The molecule has 0 aliphatic heterocycles. The molecule has 1 aromatic carbocycles. The zero-order valence-corrected chi connectivity index (χ0v) is 13.4. The van der Waals surface area contributed by atoms with Crippen LogP contribution in [-0.2, 0) is 5.41 Å². The first kappa shape index (κ1) is 13.7. The molecule has 4 heteroatoms. The molecule has 0 radical (unpaired) electrons. The predicted octanol–water partition coefficient (Wildman–Crippen LogP) is 3.47. The van der Waals surface area contributed by atoms with Crippen LogP contribution in [0.1, 0.15) is 24.4 Å². The minimum absolute atomic E-state index is 0.154. The quantitative estimate of drug-likeness (QED) is 0.932. The zero-order chi connectivity index (χ0) is 14.2. The van der Waals surface area contributed by atoms with E-state index < -0.39 is 0 Å². The van der Waals surface area contributed by atoms with E-state index in [0.29, 0.717) is 0 Å². The summed E-state index contributed by atoms with van der Waals surface area (Å²) in [6.45, 7) is 3.00. The first-order valence-electron chi connectivity index (χ1n) is 6.90. The number of aryl methyl sites for hydroxylation is 1. The highest BCUT2D eigenvalue weighted by Gasteiger charge is 2.46. The van der Waals surface area contributed by atoms with Crippen LogP contribution < -0.4 is 5.32 Å². The van der Waals surface area contributed by atoms with Gasteiger partial charge in [0, 0.05) is 27.7 Å². The van der Waals surface area contributed by atoms with Crippen molar-refractivity contribution in [2.24, 2.45) is 0 Å². The lowest BCUT2D eigenvalue weighted by atomic mass is 10.1. The van der Waals surface area contributed by atoms with E-state index in [0.717, 1.165) is 33.8 Å². The number of hydrogen-bond donors (Lipinski definition) is 1. The maximum absolute atomic E-state index is 4.83. The number of likely N-dealkylation sites (N-methyl/N-ethyl adjacent to an activating group) is 1. The zero-order valence-electron chi connectivity index (χ0n) is 11.8. The average molecular weight is 332 g/mol. The van der Waals surface area contributed by atoms with Crippen LogP contribution in [0.4, 0.5) is 0 Å². The topological polar surface area (TPSA) is 37.8 Å². The Balaban J connectivity index is 2.03. The number of aromatic nitrogens is 2. The second-order valence-corrected chi connectivity index (χ2v) is 6.45. The molecule has 0 amide bonds. The third kappa shape index (κ3) is 2.63. The summed E-state index contributed by atoms with van der Waals surface area (Å²) in [5, 5.41) is 3.27. The van der Waals surface area contributed by atoms with Crippen LogP contribution in [0, 0.1) is 6.92 Å². The van der Waals surface area contributed by atoms with Crippen molar-refractivity contribution >= 4 is 15.9 Å². The lowest BCUT2D eigenvalue weighted by Gasteiger charge is -2.15. The average Bonchev–Trinajstić information content (AvgIpc) is 3.19. The van der Waals surface area contributed by atoms with Gasteiger partial charge in [-0.15, -0.1) is 0 Å². The van der Waals surface area contributed by atoms with Gasteiger partial charge in [0.2, 0.25) is 0 Å². The normalized spacial score (nSPS) is 16.1. The van der Waals surface area contributed by atoms with Gasteiger partial charge in [-0.3, -0.25) is 0 Å². The van der Waals surface area contributed by atoms with E-state index in [2.05, 4.69) is 44.4 Å². The first-order chi connectivity index (χ1) is 9.63. The Morgan fingerprint density at radius 3 is 2.70 bits per heavy atom. The van der Waals surface area contributed by atoms with E-state index >= 15 is 0 Å². The summed E-state index contributed by atoms with van der Waals surface area (Å²) in [6, 6.07) is 10.3. The Morgan fingerprint density at radius 2 is 2.05 bits per heavy atom. The van der Waals surface area contributed by atoms with Crippen molar-refractivity contribution in [1.82, 2.24) is 15.3 Å². The van der Waals surface area contributed by atoms with Gasteiger partial charge in [-0.1, -0.05) is 28.1 Å². The Kier molecular flexibility index (Phi) is 3.61. The van der Waals surface area contributed by atoms with Crippen LogP contribution in [0.3, 0.4) is 0 Å². The van der Waals surface area contributed by atoms with E-state index in [1.807, 2.05) is 26.1 Å². The van der Waals surface area contributed by atoms with Gasteiger partial charge in [-0.05, 0) is 45.0 Å². The molecule has 1 aliphatic carbocycles. The Bertz CT molecular complexity index is 635.